The molecule has 3 fully saturated rings. The Balaban J connectivity index is 1.71. The molecule has 122 valence electrons. The monoisotopic (exact) mass is 314 g/mol. The minimum absolute atomic E-state index is 0.0498. The van der Waals surface area contributed by atoms with Crippen molar-refractivity contribution in [3.8, 4) is 0 Å². The molecule has 21 heavy (non-hydrogen) atoms. The molecule has 2 aliphatic heterocycles. The standard InChI is InChI=1S/C17H30O3S/c1-19-17(7-4-2-3-5-8-17)15(18)14-6-10-20-16(12-14)9-11-21-13-16/h14-15,18H,2-13H2,1H3. The molecule has 3 aliphatic rings. The predicted octanol–water partition coefficient (Wildman–Crippen LogP) is 3.39. The van der Waals surface area contributed by atoms with Crippen LogP contribution in [0, 0.1) is 5.92 Å². The van der Waals surface area contributed by atoms with Gasteiger partial charge in [0.15, 0.2) is 0 Å². The maximum Gasteiger partial charge on any atom is 0.0939 e. The number of ether oxygens (including phenoxy) is 2. The van der Waals surface area contributed by atoms with Crippen LogP contribution in [0.3, 0.4) is 0 Å². The second-order valence-electron chi connectivity index (χ2n) is 7.21. The lowest BCUT2D eigenvalue weighted by molar-refractivity contribution is -0.166. The van der Waals surface area contributed by atoms with E-state index in [9.17, 15) is 5.11 Å². The highest BCUT2D eigenvalue weighted by molar-refractivity contribution is 7.99. The highest BCUT2D eigenvalue weighted by Crippen LogP contribution is 2.45. The van der Waals surface area contributed by atoms with Gasteiger partial charge in [0.1, 0.15) is 0 Å². The van der Waals surface area contributed by atoms with E-state index < -0.39 is 0 Å². The first kappa shape index (κ1) is 16.1. The Hall–Kier alpha value is 0.230. The summed E-state index contributed by atoms with van der Waals surface area (Å²) in [5.41, 5.74) is -0.250. The molecule has 1 spiro atoms. The smallest absolute Gasteiger partial charge is 0.0939 e. The summed E-state index contributed by atoms with van der Waals surface area (Å²) < 4.78 is 12.0. The van der Waals surface area contributed by atoms with Crippen molar-refractivity contribution < 1.29 is 14.6 Å². The largest absolute Gasteiger partial charge is 0.390 e. The van der Waals surface area contributed by atoms with Crippen molar-refractivity contribution in [3.63, 3.8) is 0 Å². The molecule has 0 aromatic rings. The molecule has 0 aromatic heterocycles. The van der Waals surface area contributed by atoms with Crippen LogP contribution in [0.5, 0.6) is 0 Å². The average Bonchev–Trinajstić information content (AvgIpc) is 2.82. The first-order chi connectivity index (χ1) is 10.2. The molecule has 0 amide bonds. The number of methoxy groups -OCH3 is 1. The molecule has 0 bridgehead atoms. The van der Waals surface area contributed by atoms with E-state index in [1.165, 1.54) is 31.4 Å². The van der Waals surface area contributed by atoms with Gasteiger partial charge in [-0.15, -0.1) is 0 Å². The van der Waals surface area contributed by atoms with Crippen LogP contribution in [-0.4, -0.2) is 47.6 Å². The van der Waals surface area contributed by atoms with Crippen LogP contribution in [0.15, 0.2) is 0 Å². The Kier molecular flexibility index (Phi) is 5.19. The third kappa shape index (κ3) is 3.29. The van der Waals surface area contributed by atoms with Gasteiger partial charge in [0.2, 0.25) is 0 Å². The van der Waals surface area contributed by atoms with E-state index in [1.54, 1.807) is 7.11 Å². The zero-order valence-electron chi connectivity index (χ0n) is 13.3. The van der Waals surface area contributed by atoms with Crippen molar-refractivity contribution in [2.24, 2.45) is 5.92 Å². The third-order valence-electron chi connectivity index (χ3n) is 5.94. The fourth-order valence-corrected chi connectivity index (χ4v) is 5.95. The summed E-state index contributed by atoms with van der Waals surface area (Å²) in [6.07, 6.45) is 9.81. The minimum Gasteiger partial charge on any atom is -0.390 e. The van der Waals surface area contributed by atoms with Gasteiger partial charge in [0.25, 0.3) is 0 Å². The van der Waals surface area contributed by atoms with Crippen LogP contribution in [0.1, 0.15) is 57.8 Å². The number of hydrogen-bond acceptors (Lipinski definition) is 4. The van der Waals surface area contributed by atoms with Crippen molar-refractivity contribution >= 4 is 11.8 Å². The van der Waals surface area contributed by atoms with Gasteiger partial charge in [-0.1, -0.05) is 25.7 Å². The maximum absolute atomic E-state index is 11.1. The summed E-state index contributed by atoms with van der Waals surface area (Å²) >= 11 is 2.00. The Morgan fingerprint density at radius 2 is 1.95 bits per heavy atom. The molecule has 1 N–H and O–H groups in total. The molecule has 3 unspecified atom stereocenters. The summed E-state index contributed by atoms with van der Waals surface area (Å²) in [7, 11) is 1.80. The molecule has 1 aliphatic carbocycles. The van der Waals surface area contributed by atoms with E-state index in [-0.39, 0.29) is 17.3 Å². The lowest BCUT2D eigenvalue weighted by Gasteiger charge is -2.45. The number of aliphatic hydroxyl groups is 1. The molecular weight excluding hydrogens is 284 g/mol. The molecule has 1 saturated carbocycles. The van der Waals surface area contributed by atoms with Crippen LogP contribution in [0.4, 0.5) is 0 Å². The van der Waals surface area contributed by atoms with Crippen LogP contribution in [0.2, 0.25) is 0 Å². The van der Waals surface area contributed by atoms with Gasteiger partial charge < -0.3 is 14.6 Å². The fraction of sp³-hybridized carbons (Fsp3) is 1.00. The Labute approximate surface area is 133 Å². The highest BCUT2D eigenvalue weighted by Gasteiger charge is 2.48. The van der Waals surface area contributed by atoms with Crippen molar-refractivity contribution in [3.05, 3.63) is 0 Å². The van der Waals surface area contributed by atoms with Gasteiger partial charge in [-0.2, -0.15) is 11.8 Å². The quantitative estimate of drug-likeness (QED) is 0.811. The van der Waals surface area contributed by atoms with Gasteiger partial charge in [-0.3, -0.25) is 0 Å². The second-order valence-corrected chi connectivity index (χ2v) is 8.32. The number of aliphatic hydroxyl groups excluding tert-OH is 1. The molecule has 3 nitrogen and oxygen atoms in total. The van der Waals surface area contributed by atoms with Crippen LogP contribution in [0.25, 0.3) is 0 Å². The molecule has 2 heterocycles. The van der Waals surface area contributed by atoms with Crippen molar-refractivity contribution in [1.82, 2.24) is 0 Å². The molecule has 3 atom stereocenters. The van der Waals surface area contributed by atoms with E-state index >= 15 is 0 Å². The zero-order chi connectivity index (χ0) is 14.8. The number of rotatable bonds is 3. The predicted molar refractivity (Wildman–Crippen MR) is 86.8 cm³/mol. The van der Waals surface area contributed by atoms with E-state index in [0.29, 0.717) is 5.92 Å². The highest BCUT2D eigenvalue weighted by atomic mass is 32.2. The van der Waals surface area contributed by atoms with E-state index in [4.69, 9.17) is 9.47 Å². The molecular formula is C17H30O3S. The van der Waals surface area contributed by atoms with Crippen molar-refractivity contribution in [2.45, 2.75) is 75.1 Å². The lowest BCUT2D eigenvalue weighted by Crippen LogP contribution is -2.52. The van der Waals surface area contributed by atoms with Crippen molar-refractivity contribution in [1.29, 1.82) is 0 Å². The summed E-state index contributed by atoms with van der Waals surface area (Å²) in [6, 6.07) is 0. The van der Waals surface area contributed by atoms with E-state index in [2.05, 4.69) is 0 Å². The fourth-order valence-electron chi connectivity index (χ4n) is 4.58. The van der Waals surface area contributed by atoms with Gasteiger partial charge in [0, 0.05) is 19.5 Å². The van der Waals surface area contributed by atoms with E-state index in [0.717, 1.165) is 44.5 Å². The summed E-state index contributed by atoms with van der Waals surface area (Å²) in [5.74, 6) is 2.66. The molecule has 4 heteroatoms. The van der Waals surface area contributed by atoms with E-state index in [1.807, 2.05) is 11.8 Å². The molecule has 0 aromatic carbocycles. The summed E-state index contributed by atoms with van der Waals surface area (Å²) in [6.45, 7) is 0.808. The zero-order valence-corrected chi connectivity index (χ0v) is 14.1. The third-order valence-corrected chi connectivity index (χ3v) is 7.16. The van der Waals surface area contributed by atoms with Gasteiger partial charge in [-0.05, 0) is 43.8 Å². The van der Waals surface area contributed by atoms with Crippen LogP contribution >= 0.6 is 11.8 Å². The number of thioether (sulfide) groups is 1. The molecule has 0 radical (unpaired) electrons. The van der Waals surface area contributed by atoms with Gasteiger partial charge in [-0.25, -0.2) is 0 Å². The molecule has 3 rings (SSSR count). The Morgan fingerprint density at radius 1 is 1.19 bits per heavy atom. The Morgan fingerprint density at radius 3 is 2.57 bits per heavy atom. The first-order valence-corrected chi connectivity index (χ1v) is 9.80. The Bertz CT molecular complexity index is 333. The van der Waals surface area contributed by atoms with Gasteiger partial charge in [0.05, 0.1) is 17.3 Å². The normalized spacial score (nSPS) is 38.3. The number of hydrogen-bond donors (Lipinski definition) is 1. The lowest BCUT2D eigenvalue weighted by atomic mass is 9.74. The summed E-state index contributed by atoms with van der Waals surface area (Å²) in [4.78, 5) is 0. The van der Waals surface area contributed by atoms with Gasteiger partial charge >= 0.3 is 0 Å². The van der Waals surface area contributed by atoms with Crippen LogP contribution < -0.4 is 0 Å². The maximum atomic E-state index is 11.1. The minimum atomic E-state index is -0.327. The SMILES string of the molecule is COC1(C(O)C2CCOC3(CCSC3)C2)CCCCCC1. The molecule has 2 saturated heterocycles. The topological polar surface area (TPSA) is 38.7 Å². The van der Waals surface area contributed by atoms with Crippen molar-refractivity contribution in [2.75, 3.05) is 25.2 Å². The first-order valence-electron chi connectivity index (χ1n) is 8.65. The average molecular weight is 314 g/mol. The second kappa shape index (κ2) is 6.77. The van der Waals surface area contributed by atoms with Crippen LogP contribution in [-0.2, 0) is 9.47 Å². The summed E-state index contributed by atoms with van der Waals surface area (Å²) in [5, 5.41) is 11.1.